The van der Waals surface area contributed by atoms with E-state index in [0.717, 1.165) is 18.2 Å². The first kappa shape index (κ1) is 32.4. The SMILES string of the molecule is CCC(C)(C)C(C)(C)C(C)(C)C(CC1(C)NC1(C)C(CC(C)(C)C)c1ccc(C)cc1)c1ccc(CBr)cc1. The highest BCUT2D eigenvalue weighted by molar-refractivity contribution is 9.08. The molecule has 0 bridgehead atoms. The van der Waals surface area contributed by atoms with Crippen molar-refractivity contribution in [2.45, 2.75) is 138 Å². The van der Waals surface area contributed by atoms with Crippen molar-refractivity contribution in [3.63, 3.8) is 0 Å². The van der Waals surface area contributed by atoms with Crippen LogP contribution < -0.4 is 5.32 Å². The highest BCUT2D eigenvalue weighted by Gasteiger charge is 2.66. The van der Waals surface area contributed by atoms with E-state index in [-0.39, 0.29) is 32.7 Å². The zero-order chi connectivity index (χ0) is 29.7. The molecule has 4 atom stereocenters. The molecule has 0 spiro atoms. The second-order valence-electron chi connectivity index (χ2n) is 16.1. The third-order valence-electron chi connectivity index (χ3n) is 11.8. The molecule has 1 nitrogen and oxygen atoms in total. The number of nitrogens with one attached hydrogen (secondary N) is 1. The van der Waals surface area contributed by atoms with Gasteiger partial charge in [-0.15, -0.1) is 0 Å². The lowest BCUT2D eigenvalue weighted by Crippen LogP contribution is -2.48. The van der Waals surface area contributed by atoms with Gasteiger partial charge >= 0.3 is 0 Å². The molecular formula is C37H58BrN. The van der Waals surface area contributed by atoms with E-state index in [4.69, 9.17) is 0 Å². The van der Waals surface area contributed by atoms with Crippen molar-refractivity contribution in [1.29, 1.82) is 0 Å². The Kier molecular flexibility index (Phi) is 9.09. The second-order valence-corrected chi connectivity index (χ2v) is 16.7. The van der Waals surface area contributed by atoms with Crippen LogP contribution in [0.3, 0.4) is 0 Å². The van der Waals surface area contributed by atoms with Crippen LogP contribution >= 0.6 is 15.9 Å². The van der Waals surface area contributed by atoms with Crippen LogP contribution in [0.1, 0.15) is 136 Å². The fraction of sp³-hybridized carbons (Fsp3) is 0.676. The average Bonchev–Trinajstić information content (AvgIpc) is 3.42. The first-order valence-corrected chi connectivity index (χ1v) is 16.4. The lowest BCUT2D eigenvalue weighted by molar-refractivity contribution is -0.0435. The van der Waals surface area contributed by atoms with Gasteiger partial charge in [-0.2, -0.15) is 0 Å². The highest BCUT2D eigenvalue weighted by atomic mass is 79.9. The van der Waals surface area contributed by atoms with Gasteiger partial charge in [0.15, 0.2) is 0 Å². The third-order valence-corrected chi connectivity index (χ3v) is 12.5. The monoisotopic (exact) mass is 595 g/mol. The van der Waals surface area contributed by atoms with Crippen molar-refractivity contribution in [3.05, 3.63) is 70.8 Å². The van der Waals surface area contributed by atoms with Crippen molar-refractivity contribution < 1.29 is 0 Å². The smallest absolute Gasteiger partial charge is 0.0407 e. The Morgan fingerprint density at radius 1 is 0.795 bits per heavy atom. The Bertz CT molecular complexity index is 1100. The maximum atomic E-state index is 4.15. The number of halogens is 1. The molecule has 0 aromatic heterocycles. The first-order valence-electron chi connectivity index (χ1n) is 15.3. The van der Waals surface area contributed by atoms with Gasteiger partial charge < -0.3 is 5.32 Å². The Morgan fingerprint density at radius 3 is 1.77 bits per heavy atom. The molecule has 1 heterocycles. The minimum atomic E-state index is 0.0457. The third kappa shape index (κ3) is 6.23. The van der Waals surface area contributed by atoms with E-state index < -0.39 is 0 Å². The van der Waals surface area contributed by atoms with E-state index in [1.54, 1.807) is 0 Å². The quantitative estimate of drug-likeness (QED) is 0.202. The molecule has 1 aliphatic heterocycles. The summed E-state index contributed by atoms with van der Waals surface area (Å²) in [5.41, 5.74) is 6.41. The van der Waals surface area contributed by atoms with Crippen LogP contribution in [-0.2, 0) is 5.33 Å². The van der Waals surface area contributed by atoms with Crippen molar-refractivity contribution in [2.24, 2.45) is 21.7 Å². The molecule has 2 aromatic rings. The predicted octanol–water partition coefficient (Wildman–Crippen LogP) is 11.2. The zero-order valence-electron chi connectivity index (χ0n) is 27.5. The summed E-state index contributed by atoms with van der Waals surface area (Å²) in [5, 5.41) is 5.05. The standard InChI is InChI=1S/C37H58BrN/c1-14-33(6,7)35(10,11)34(8,9)30(28-21-17-27(25-38)18-22-28)24-36(12)37(13,39-36)31(23-32(3,4)5)29-19-15-26(2)16-20-29/h15-22,30-31,39H,14,23-25H2,1-13H3. The lowest BCUT2D eigenvalue weighted by atomic mass is 9.48. The summed E-state index contributed by atoms with van der Waals surface area (Å²) in [6.07, 6.45) is 3.46. The number of rotatable bonds is 11. The van der Waals surface area contributed by atoms with Crippen molar-refractivity contribution in [3.8, 4) is 0 Å². The number of benzene rings is 2. The van der Waals surface area contributed by atoms with E-state index in [9.17, 15) is 0 Å². The van der Waals surface area contributed by atoms with Gasteiger partial charge in [0.1, 0.15) is 0 Å². The fourth-order valence-corrected chi connectivity index (χ4v) is 7.50. The van der Waals surface area contributed by atoms with Gasteiger partial charge in [0.25, 0.3) is 0 Å². The summed E-state index contributed by atoms with van der Waals surface area (Å²) in [5.74, 6) is 0.887. The molecular weight excluding hydrogens is 538 g/mol. The number of hydrogen-bond acceptors (Lipinski definition) is 1. The minimum absolute atomic E-state index is 0.0457. The highest BCUT2D eigenvalue weighted by Crippen LogP contribution is 2.63. The van der Waals surface area contributed by atoms with Gasteiger partial charge in [0, 0.05) is 22.3 Å². The van der Waals surface area contributed by atoms with Crippen LogP contribution in [-0.4, -0.2) is 11.1 Å². The average molecular weight is 597 g/mol. The molecule has 1 saturated heterocycles. The summed E-state index contributed by atoms with van der Waals surface area (Å²) in [6.45, 7) is 31.8. The molecule has 0 saturated carbocycles. The van der Waals surface area contributed by atoms with Gasteiger partial charge in [-0.25, -0.2) is 0 Å². The van der Waals surface area contributed by atoms with Gasteiger partial charge in [-0.1, -0.05) is 146 Å². The van der Waals surface area contributed by atoms with E-state index >= 15 is 0 Å². The minimum Gasteiger partial charge on any atom is -0.302 e. The topological polar surface area (TPSA) is 21.9 Å². The van der Waals surface area contributed by atoms with Gasteiger partial charge in [0.05, 0.1) is 0 Å². The van der Waals surface area contributed by atoms with Gasteiger partial charge in [-0.05, 0) is 77.9 Å². The number of aryl methyl sites for hydroxylation is 1. The normalized spacial score (nSPS) is 23.9. The van der Waals surface area contributed by atoms with E-state index in [1.165, 1.54) is 28.7 Å². The van der Waals surface area contributed by atoms with E-state index in [1.807, 2.05) is 0 Å². The largest absolute Gasteiger partial charge is 0.302 e. The summed E-state index contributed by atoms with van der Waals surface area (Å²) in [4.78, 5) is 0. The van der Waals surface area contributed by atoms with Crippen molar-refractivity contribution >= 4 is 15.9 Å². The summed E-state index contributed by atoms with van der Waals surface area (Å²) < 4.78 is 0. The van der Waals surface area contributed by atoms with E-state index in [2.05, 4.69) is 160 Å². The Hall–Kier alpha value is -1.12. The maximum absolute atomic E-state index is 4.15. The summed E-state index contributed by atoms with van der Waals surface area (Å²) in [7, 11) is 0. The molecule has 39 heavy (non-hydrogen) atoms. The number of hydrogen-bond donors (Lipinski definition) is 1. The number of alkyl halides is 1. The van der Waals surface area contributed by atoms with Gasteiger partial charge in [0.2, 0.25) is 0 Å². The molecule has 0 aliphatic carbocycles. The molecule has 0 radical (unpaired) electrons. The molecule has 0 amide bonds. The van der Waals surface area contributed by atoms with Crippen LogP contribution in [0.2, 0.25) is 0 Å². The van der Waals surface area contributed by atoms with Crippen LogP contribution in [0, 0.1) is 28.6 Å². The van der Waals surface area contributed by atoms with E-state index in [0.29, 0.717) is 11.8 Å². The predicted molar refractivity (Wildman–Crippen MR) is 176 cm³/mol. The molecule has 1 N–H and O–H groups in total. The molecule has 1 aliphatic rings. The molecule has 2 heteroatoms. The van der Waals surface area contributed by atoms with Crippen LogP contribution in [0.15, 0.2) is 48.5 Å². The first-order chi connectivity index (χ1) is 17.7. The molecule has 218 valence electrons. The summed E-state index contributed by atoms with van der Waals surface area (Å²) in [6, 6.07) is 18.8. The fourth-order valence-electron chi connectivity index (χ4n) is 7.13. The second kappa shape index (κ2) is 10.9. The Morgan fingerprint density at radius 2 is 1.31 bits per heavy atom. The molecule has 2 aromatic carbocycles. The summed E-state index contributed by atoms with van der Waals surface area (Å²) >= 11 is 3.66. The molecule has 4 unspecified atom stereocenters. The lowest BCUT2D eigenvalue weighted by Gasteiger charge is -2.56. The Labute approximate surface area is 250 Å². The van der Waals surface area contributed by atoms with Crippen molar-refractivity contribution in [1.82, 2.24) is 5.32 Å². The van der Waals surface area contributed by atoms with Gasteiger partial charge in [-0.3, -0.25) is 0 Å². The molecule has 3 rings (SSSR count). The van der Waals surface area contributed by atoms with Crippen LogP contribution in [0.4, 0.5) is 0 Å². The maximum Gasteiger partial charge on any atom is 0.0407 e. The zero-order valence-corrected chi connectivity index (χ0v) is 29.1. The molecule has 1 fully saturated rings. The van der Waals surface area contributed by atoms with Crippen LogP contribution in [0.5, 0.6) is 0 Å². The van der Waals surface area contributed by atoms with Crippen molar-refractivity contribution in [2.75, 3.05) is 0 Å². The van der Waals surface area contributed by atoms with Crippen LogP contribution in [0.25, 0.3) is 0 Å². The Balaban J connectivity index is 2.08.